The third-order valence-corrected chi connectivity index (χ3v) is 20.8. The zero-order chi connectivity index (χ0) is 61.6. The molecule has 88 heavy (non-hydrogen) atoms. The van der Waals surface area contributed by atoms with E-state index >= 15 is 0 Å². The van der Waals surface area contributed by atoms with E-state index in [1.54, 1.807) is 34.0 Å². The topological polar surface area (TPSA) is 148 Å². The van der Waals surface area contributed by atoms with Gasteiger partial charge in [0.2, 0.25) is 0 Å². The van der Waals surface area contributed by atoms with Gasteiger partial charge in [-0.25, -0.2) is 19.9 Å². The second kappa shape index (κ2) is 22.9. The number of rotatable bonds is 8. The van der Waals surface area contributed by atoms with Crippen molar-refractivity contribution in [3.05, 3.63) is 133 Å². The van der Waals surface area contributed by atoms with Crippen LogP contribution in [0.5, 0.6) is 0 Å². The molecule has 5 aromatic carbocycles. The summed E-state index contributed by atoms with van der Waals surface area (Å²) in [7, 11) is 10.3. The van der Waals surface area contributed by atoms with Gasteiger partial charge in [-0.2, -0.15) is 15.3 Å². The molecule has 12 aromatic rings. The van der Waals surface area contributed by atoms with Gasteiger partial charge in [-0.3, -0.25) is 14.0 Å². The highest BCUT2D eigenvalue weighted by Crippen LogP contribution is 2.41. The highest BCUT2D eigenvalue weighted by molar-refractivity contribution is 7.22. The van der Waals surface area contributed by atoms with Crippen LogP contribution in [0.4, 0.5) is 10.3 Å². The Bertz CT molecular complexity index is 4590. The highest BCUT2D eigenvalue weighted by Gasteiger charge is 2.41. The van der Waals surface area contributed by atoms with Crippen molar-refractivity contribution in [3.8, 4) is 32.8 Å². The number of anilines is 2. The molecule has 0 radical (unpaired) electrons. The van der Waals surface area contributed by atoms with Crippen molar-refractivity contribution in [2.75, 3.05) is 37.0 Å². The van der Waals surface area contributed by atoms with E-state index < -0.39 is 0 Å². The molecule has 0 unspecified atom stereocenters. The number of hydrogen-bond donors (Lipinski definition) is 3. The second-order valence-electron chi connectivity index (χ2n) is 27.4. The molecule has 7 aromatic heterocycles. The van der Waals surface area contributed by atoms with Crippen LogP contribution in [0.3, 0.4) is 0 Å². The van der Waals surface area contributed by atoms with E-state index in [4.69, 9.17) is 15.0 Å². The van der Waals surface area contributed by atoms with Gasteiger partial charge in [0.25, 0.3) is 0 Å². The van der Waals surface area contributed by atoms with Crippen molar-refractivity contribution in [2.45, 2.75) is 129 Å². The zero-order valence-electron chi connectivity index (χ0n) is 53.2. The normalized spacial score (nSPS) is 17.5. The second-order valence-corrected chi connectivity index (χ2v) is 30.5. The summed E-state index contributed by atoms with van der Waals surface area (Å²) in [5.41, 5.74) is 16.4. The number of aromatic nitrogens is 10. The number of nitrogens with zero attached hydrogens (tertiary/aromatic N) is 12. The maximum absolute atomic E-state index is 5.00. The maximum Gasteiger partial charge on any atom is 0.186 e. The largest absolute Gasteiger partial charge is 0.348 e. The van der Waals surface area contributed by atoms with Gasteiger partial charge in [0.15, 0.2) is 15.9 Å². The van der Waals surface area contributed by atoms with E-state index in [1.165, 1.54) is 59.1 Å². The fraction of sp³-hybridized carbons (Fsp3) is 0.386. The fourth-order valence-corrected chi connectivity index (χ4v) is 17.1. The van der Waals surface area contributed by atoms with Crippen LogP contribution in [0, 0.1) is 6.92 Å². The average Bonchev–Trinajstić information content (AvgIpc) is 1.87. The molecule has 15 rings (SSSR count). The Hall–Kier alpha value is -7.45. The first-order valence-corrected chi connectivity index (χ1v) is 33.1. The molecule has 3 aliphatic heterocycles. The molecule has 2 fully saturated rings. The van der Waals surface area contributed by atoms with Crippen LogP contribution < -0.4 is 25.8 Å². The van der Waals surface area contributed by atoms with Gasteiger partial charge in [-0.05, 0) is 213 Å². The van der Waals surface area contributed by atoms with Crippen LogP contribution >= 0.6 is 34.0 Å². The number of hydrogen-bond acceptors (Lipinski definition) is 15. The third kappa shape index (κ3) is 12.6. The predicted molar refractivity (Wildman–Crippen MR) is 371 cm³/mol. The molecule has 0 aliphatic carbocycles. The first kappa shape index (κ1) is 59.5. The summed E-state index contributed by atoms with van der Waals surface area (Å²) in [5, 5.41) is 31.1. The van der Waals surface area contributed by atoms with Gasteiger partial charge in [-0.15, -0.1) is 11.3 Å². The van der Waals surface area contributed by atoms with Gasteiger partial charge < -0.3 is 25.8 Å². The van der Waals surface area contributed by atoms with Crippen LogP contribution in [0.2, 0.25) is 0 Å². The van der Waals surface area contributed by atoms with E-state index in [0.717, 1.165) is 109 Å². The Kier molecular flexibility index (Phi) is 15.5. The van der Waals surface area contributed by atoms with Gasteiger partial charge in [-0.1, -0.05) is 46.9 Å². The summed E-state index contributed by atoms with van der Waals surface area (Å²) in [6, 6.07) is 33.7. The van der Waals surface area contributed by atoms with E-state index in [9.17, 15) is 0 Å². The molecule has 0 atom stereocenters. The van der Waals surface area contributed by atoms with Crippen LogP contribution in [0.25, 0.3) is 102 Å². The minimum Gasteiger partial charge on any atom is -0.348 e. The molecular formula is C70H81N15S3. The predicted octanol–water partition coefficient (Wildman–Crippen LogP) is 15.1. The Labute approximate surface area is 527 Å². The van der Waals surface area contributed by atoms with Gasteiger partial charge in [0, 0.05) is 123 Å². The van der Waals surface area contributed by atoms with Crippen molar-refractivity contribution < 1.29 is 0 Å². The lowest BCUT2D eigenvalue weighted by atomic mass is 9.79. The van der Waals surface area contributed by atoms with Gasteiger partial charge in [0.1, 0.15) is 5.01 Å². The van der Waals surface area contributed by atoms with E-state index in [-0.39, 0.29) is 22.2 Å². The molecule has 454 valence electrons. The molecule has 0 saturated carbocycles. The van der Waals surface area contributed by atoms with Gasteiger partial charge >= 0.3 is 0 Å². The quantitative estimate of drug-likeness (QED) is 0.133. The lowest BCUT2D eigenvalue weighted by Crippen LogP contribution is -2.61. The Balaban J connectivity index is 0.000000123. The maximum atomic E-state index is 5.00. The standard InChI is InChI=1S/C26H33N5S.C25H31N5S.C19H17N5S/c1-16-10-18(11-19-15-30(6)28-23(16)19)17-8-9-21-22(12-17)32-24(27-21)31(7)20-13-25(2,3)29-26(4,5)14-20;1-24(2)13-19(14-25(3,4)28-24)30(6)23-26-21-10-8-17(12-22(21)31-23)16-7-9-20-18(11-16)15-29(5)27-20;1-24-11-15-8-13(2-3-16(15)23-24)19-22-18-17(25-19)9-14(10-21-18)12-4-6-20-7-5-12/h8-12,15,20,29H,13-14H2,1-7H3;7-12,15,19,28H,13-14H2,1-6H3;2-4,8-11,20H,5-7H2,1H3. The summed E-state index contributed by atoms with van der Waals surface area (Å²) in [6.07, 6.45) is 15.9. The zero-order valence-corrected chi connectivity index (χ0v) is 55.7. The van der Waals surface area contributed by atoms with E-state index in [0.29, 0.717) is 12.1 Å². The first-order valence-electron chi connectivity index (χ1n) is 30.7. The molecule has 2 saturated heterocycles. The van der Waals surface area contributed by atoms with Crippen LogP contribution in [0.15, 0.2) is 122 Å². The Morgan fingerprint density at radius 2 is 0.966 bits per heavy atom. The smallest absolute Gasteiger partial charge is 0.186 e. The molecule has 0 spiro atoms. The number of fused-ring (bicyclic) bond motifs is 6. The summed E-state index contributed by atoms with van der Waals surface area (Å²) in [5.74, 6) is 0. The summed E-state index contributed by atoms with van der Waals surface area (Å²) >= 11 is 5.29. The number of thiazole rings is 3. The van der Waals surface area contributed by atoms with Crippen LogP contribution in [-0.4, -0.2) is 111 Å². The molecule has 3 aliphatic rings. The summed E-state index contributed by atoms with van der Waals surface area (Å²) < 4.78 is 9.20. The first-order chi connectivity index (χ1) is 41.8. The minimum absolute atomic E-state index is 0.118. The molecule has 18 heteroatoms. The number of benzene rings is 5. The highest BCUT2D eigenvalue weighted by atomic mass is 32.1. The van der Waals surface area contributed by atoms with Gasteiger partial charge in [0.05, 0.1) is 41.7 Å². The van der Waals surface area contributed by atoms with Crippen LogP contribution in [0.1, 0.15) is 98.6 Å². The van der Waals surface area contributed by atoms with E-state index in [2.05, 4.69) is 232 Å². The Morgan fingerprint density at radius 1 is 0.500 bits per heavy atom. The summed E-state index contributed by atoms with van der Waals surface area (Å²) in [4.78, 5) is 24.1. The van der Waals surface area contributed by atoms with E-state index in [1.807, 2.05) is 47.6 Å². The van der Waals surface area contributed by atoms with Crippen molar-refractivity contribution in [1.82, 2.24) is 65.2 Å². The SMILES string of the molecule is CN(c1nc2ccc(-c3ccc4nn(C)cc4c3)cc2s1)C1CC(C)(C)NC(C)(C)C1.Cc1cc(-c2ccc3nc(N(C)C4CC(C)(C)NC(C)(C)C4)sc3c2)cc2cn(C)nc12.Cn1cc2cc(-c3nc4ncc(C5=CCNCC5)cc4s3)ccc2n1. The molecule has 3 N–H and O–H groups in total. The average molecular weight is 1230 g/mol. The molecule has 15 nitrogen and oxygen atoms in total. The Morgan fingerprint density at radius 3 is 1.51 bits per heavy atom. The lowest BCUT2D eigenvalue weighted by Gasteiger charge is -2.49. The fourth-order valence-electron chi connectivity index (χ4n) is 14.1. The van der Waals surface area contributed by atoms with Crippen molar-refractivity contribution in [3.63, 3.8) is 0 Å². The molecule has 0 bridgehead atoms. The monoisotopic (exact) mass is 1230 g/mol. The van der Waals surface area contributed by atoms with Crippen molar-refractivity contribution >= 4 is 113 Å². The number of piperidine rings is 2. The molecule has 10 heterocycles. The van der Waals surface area contributed by atoms with Crippen LogP contribution in [-0.2, 0) is 21.1 Å². The number of pyridine rings is 1. The lowest BCUT2D eigenvalue weighted by molar-refractivity contribution is 0.160. The number of nitrogens with one attached hydrogen (secondary N) is 3. The minimum atomic E-state index is 0.118. The molecular weight excluding hydrogens is 1150 g/mol. The third-order valence-electron chi connectivity index (χ3n) is 17.5. The van der Waals surface area contributed by atoms with Crippen molar-refractivity contribution in [1.29, 1.82) is 0 Å². The molecule has 0 amide bonds. The summed E-state index contributed by atoms with van der Waals surface area (Å²) in [6.45, 7) is 22.5. The van der Waals surface area contributed by atoms with Crippen molar-refractivity contribution in [2.24, 2.45) is 21.1 Å². The number of aryl methyl sites for hydroxylation is 4.